The molecule has 31 nitrogen and oxygen atoms in total. The number of carbonyl (C=O) groups excluding carboxylic acids is 10. The van der Waals surface area contributed by atoms with Gasteiger partial charge in [0.25, 0.3) is 5.91 Å². The lowest BCUT2D eigenvalue weighted by molar-refractivity contribution is -0.142. The zero-order valence-electron chi connectivity index (χ0n) is 43.9. The molecule has 1 saturated heterocycles. The van der Waals surface area contributed by atoms with Gasteiger partial charge in [0, 0.05) is 37.9 Å². The number of amides is 10. The van der Waals surface area contributed by atoms with Gasteiger partial charge in [0.1, 0.15) is 48.0 Å². The molecule has 0 aromatic carbocycles. The number of aromatic nitrogens is 2. The van der Waals surface area contributed by atoms with Crippen molar-refractivity contribution >= 4 is 65.0 Å². The standard InChI is InChI=1S/C46H82N20O11/c1-25(37(52)69)59-40(72)30(13-8-18-56-46(53)54)62-41(73)29(11-4-6-16-48)63-42(74)32(20-27-22-55-24-58-27)64-43(75)33-14-9-19-66(33)45(77)31(12-7-17-49)61-35(68)23-57-38(70)26(2)60-44(76)36(34(67)21-50)65-39(71)28(51)10-3-5-15-47/h13,22,24-26,28-29,31-34,36,67H,3-12,14-21,23,47-51H2,1-2H3,(H2,52,69)(H,55,58)(H,57,70)(H,59,72)(H,60,76)(H,61,68)(H,62,73)(H,63,74)(H,64,75)(H,65,71)(H4,53,54,56)/b30-13-/t25-,26-,28-,29-,31+,32-,33-,34-,36-/m0/s1. The fraction of sp³-hybridized carbons (Fsp3) is 0.652. The minimum atomic E-state index is -1.57. The van der Waals surface area contributed by atoms with Crippen molar-refractivity contribution in [3.8, 4) is 0 Å². The average Bonchev–Trinajstić information content (AvgIpc) is 4.11. The van der Waals surface area contributed by atoms with E-state index in [1.165, 1.54) is 37.3 Å². The molecule has 0 saturated carbocycles. The van der Waals surface area contributed by atoms with Gasteiger partial charge in [-0.1, -0.05) is 12.5 Å². The molecule has 2 heterocycles. The molecule has 0 unspecified atom stereocenters. The quantitative estimate of drug-likeness (QED) is 0.0128. The summed E-state index contributed by atoms with van der Waals surface area (Å²) in [5.74, 6) is -8.30. The Morgan fingerprint density at radius 1 is 0.766 bits per heavy atom. The fourth-order valence-electron chi connectivity index (χ4n) is 7.69. The number of hydrogen-bond donors (Lipinski definition) is 18. The lowest BCUT2D eigenvalue weighted by atomic mass is 10.1. The van der Waals surface area contributed by atoms with Gasteiger partial charge >= 0.3 is 0 Å². The molecule has 0 aliphatic carbocycles. The Balaban J connectivity index is 2.26. The molecular weight excluding hydrogens is 1010 g/mol. The van der Waals surface area contributed by atoms with Crippen LogP contribution in [0.25, 0.3) is 0 Å². The number of nitrogens with zero attached hydrogens (tertiary/aromatic N) is 3. The zero-order chi connectivity index (χ0) is 57.6. The van der Waals surface area contributed by atoms with Crippen LogP contribution < -0.4 is 88.4 Å². The summed E-state index contributed by atoms with van der Waals surface area (Å²) in [5, 5.41) is 30.4. The Bertz CT molecular complexity index is 2180. The summed E-state index contributed by atoms with van der Waals surface area (Å²) in [6.07, 6.45) is 5.59. The first-order chi connectivity index (χ1) is 36.6. The third-order valence-corrected chi connectivity index (χ3v) is 12.1. The van der Waals surface area contributed by atoms with E-state index in [1.807, 2.05) is 0 Å². The minimum absolute atomic E-state index is 0.0339. The van der Waals surface area contributed by atoms with Gasteiger partial charge in [0.2, 0.25) is 53.2 Å². The number of carbonyl (C=O) groups is 10. The molecule has 9 atom stereocenters. The Hall–Kier alpha value is -7.32. The van der Waals surface area contributed by atoms with E-state index in [9.17, 15) is 53.1 Å². The summed E-state index contributed by atoms with van der Waals surface area (Å²) in [7, 11) is 0. The average molecular weight is 1090 g/mol. The number of guanidine groups is 1. The van der Waals surface area contributed by atoms with Gasteiger partial charge in [0.05, 0.1) is 25.0 Å². The van der Waals surface area contributed by atoms with Gasteiger partial charge in [0.15, 0.2) is 5.96 Å². The van der Waals surface area contributed by atoms with Gasteiger partial charge in [-0.25, -0.2) is 4.98 Å². The van der Waals surface area contributed by atoms with Crippen molar-refractivity contribution in [2.75, 3.05) is 45.8 Å². The maximum absolute atomic E-state index is 14.2. The van der Waals surface area contributed by atoms with E-state index >= 15 is 0 Å². The predicted octanol–water partition coefficient (Wildman–Crippen LogP) is -8.20. The Kier molecular flexibility index (Phi) is 30.0. The van der Waals surface area contributed by atoms with Crippen LogP contribution in [0.5, 0.6) is 0 Å². The van der Waals surface area contributed by atoms with Crippen molar-refractivity contribution in [3.63, 3.8) is 0 Å². The van der Waals surface area contributed by atoms with E-state index in [1.54, 1.807) is 0 Å². The van der Waals surface area contributed by atoms with Gasteiger partial charge in [-0.15, -0.1) is 0 Å². The van der Waals surface area contributed by atoms with E-state index in [0.29, 0.717) is 44.3 Å². The van der Waals surface area contributed by atoms with E-state index in [4.69, 9.17) is 45.9 Å². The van der Waals surface area contributed by atoms with Crippen LogP contribution >= 0.6 is 0 Å². The molecule has 1 aliphatic heterocycles. The Morgan fingerprint density at radius 2 is 1.43 bits per heavy atom. The molecule has 77 heavy (non-hydrogen) atoms. The second-order valence-electron chi connectivity index (χ2n) is 18.4. The summed E-state index contributed by atoms with van der Waals surface area (Å²) in [5.41, 5.74) is 44.8. The number of nitrogens with one attached hydrogen (secondary N) is 9. The summed E-state index contributed by atoms with van der Waals surface area (Å²) < 4.78 is 0. The first-order valence-corrected chi connectivity index (χ1v) is 25.5. The minimum Gasteiger partial charge on any atom is -0.389 e. The maximum atomic E-state index is 14.2. The molecule has 2 rings (SSSR count). The molecule has 1 aliphatic rings. The molecule has 1 aromatic rings. The lowest BCUT2D eigenvalue weighted by Gasteiger charge is -2.30. The molecule has 0 radical (unpaired) electrons. The highest BCUT2D eigenvalue weighted by atomic mass is 16.3. The number of imidazole rings is 1. The number of aliphatic hydroxyl groups is 1. The molecule has 26 N–H and O–H groups in total. The molecule has 1 fully saturated rings. The molecule has 0 spiro atoms. The number of likely N-dealkylation sites (tertiary alicyclic amines) is 1. The fourth-order valence-corrected chi connectivity index (χ4v) is 7.69. The van der Waals surface area contributed by atoms with E-state index < -0.39 is 127 Å². The first kappa shape index (κ1) is 65.8. The molecular formula is C46H82N20O11. The van der Waals surface area contributed by atoms with Crippen LogP contribution in [-0.4, -0.2) is 185 Å². The largest absolute Gasteiger partial charge is 0.389 e. The van der Waals surface area contributed by atoms with Crippen LogP contribution in [0.2, 0.25) is 0 Å². The predicted molar refractivity (Wildman–Crippen MR) is 281 cm³/mol. The van der Waals surface area contributed by atoms with Crippen molar-refractivity contribution < 1.29 is 53.1 Å². The summed E-state index contributed by atoms with van der Waals surface area (Å²) >= 11 is 0. The zero-order valence-corrected chi connectivity index (χ0v) is 43.9. The normalized spacial score (nSPS) is 16.4. The number of aromatic amines is 1. The van der Waals surface area contributed by atoms with Gasteiger partial charge < -0.3 is 103 Å². The van der Waals surface area contributed by atoms with Crippen LogP contribution in [0.15, 0.2) is 29.3 Å². The molecule has 10 amide bonds. The molecule has 0 bridgehead atoms. The summed E-state index contributed by atoms with van der Waals surface area (Å²) in [4.78, 5) is 146. The summed E-state index contributed by atoms with van der Waals surface area (Å²) in [6, 6.07) is -10.0. The molecule has 1 aromatic heterocycles. The van der Waals surface area contributed by atoms with Crippen LogP contribution in [-0.2, 0) is 54.4 Å². The number of unbranched alkanes of at least 4 members (excludes halogenated alkanes) is 2. The Labute approximate surface area is 446 Å². The number of H-pyrrole nitrogens is 1. The van der Waals surface area contributed by atoms with E-state index in [0.717, 1.165) is 0 Å². The topological polar surface area (TPSA) is 540 Å². The van der Waals surface area contributed by atoms with Gasteiger partial charge in [-0.3, -0.25) is 52.9 Å². The van der Waals surface area contributed by atoms with E-state index in [2.05, 4.69) is 57.5 Å². The highest BCUT2D eigenvalue weighted by Crippen LogP contribution is 2.20. The van der Waals surface area contributed by atoms with Gasteiger partial charge in [-0.2, -0.15) is 0 Å². The second kappa shape index (κ2) is 35.1. The van der Waals surface area contributed by atoms with Crippen molar-refractivity contribution in [2.45, 2.75) is 145 Å². The molecule has 31 heteroatoms. The van der Waals surface area contributed by atoms with Gasteiger partial charge in [-0.05, 0) is 97.7 Å². The van der Waals surface area contributed by atoms with Crippen LogP contribution in [0.4, 0.5) is 0 Å². The monoisotopic (exact) mass is 1090 g/mol. The van der Waals surface area contributed by atoms with E-state index in [-0.39, 0.29) is 82.8 Å². The number of hydrogen-bond acceptors (Lipinski definition) is 18. The smallest absolute Gasteiger partial charge is 0.268 e. The Morgan fingerprint density at radius 3 is 2.04 bits per heavy atom. The lowest BCUT2D eigenvalue weighted by Crippen LogP contribution is -2.60. The third-order valence-electron chi connectivity index (χ3n) is 12.1. The summed E-state index contributed by atoms with van der Waals surface area (Å²) in [6.45, 7) is 2.46. The number of aliphatic imine (C=N–C) groups is 1. The third kappa shape index (κ3) is 23.6. The van der Waals surface area contributed by atoms with Crippen LogP contribution in [0.3, 0.4) is 0 Å². The van der Waals surface area contributed by atoms with Crippen molar-refractivity contribution in [1.82, 2.24) is 57.4 Å². The van der Waals surface area contributed by atoms with Crippen molar-refractivity contribution in [1.29, 1.82) is 0 Å². The number of rotatable bonds is 36. The van der Waals surface area contributed by atoms with Crippen molar-refractivity contribution in [3.05, 3.63) is 30.0 Å². The van der Waals surface area contributed by atoms with Crippen LogP contribution in [0, 0.1) is 0 Å². The first-order valence-electron chi connectivity index (χ1n) is 25.5. The maximum Gasteiger partial charge on any atom is 0.268 e. The van der Waals surface area contributed by atoms with Crippen LogP contribution in [0.1, 0.15) is 90.2 Å². The number of primary amides is 1. The second-order valence-corrected chi connectivity index (χ2v) is 18.4. The highest BCUT2D eigenvalue weighted by molar-refractivity contribution is 6.02. The number of aliphatic hydroxyl groups excluding tert-OH is 1. The molecule has 432 valence electrons. The van der Waals surface area contributed by atoms with Crippen molar-refractivity contribution in [2.24, 2.45) is 50.9 Å². The SMILES string of the molecule is C[C@H](NC(=O)/C(=C/CCN=C(N)N)NC(=O)[C@H](CCCCN)NC(=O)[C@H](Cc1cnc[nH]1)NC(=O)[C@@H]1CCCN1C(=O)[C@@H](CCCN)NC(=O)CNC(=O)[C@H](C)NC(=O)[C@@H](NC(=O)[C@@H](N)CCCCN)[C@@H](O)CN)C(N)=O. The number of nitrogens with two attached hydrogens (primary N) is 8. The highest BCUT2D eigenvalue weighted by Gasteiger charge is 2.40.